The zero-order valence-corrected chi connectivity index (χ0v) is 18.3. The minimum Gasteiger partial charge on any atom is -0.497 e. The molecule has 0 aliphatic carbocycles. The number of anilines is 1. The van der Waals surface area contributed by atoms with E-state index in [1.54, 1.807) is 14.2 Å². The van der Waals surface area contributed by atoms with Crippen LogP contribution in [0.25, 0.3) is 0 Å². The van der Waals surface area contributed by atoms with Gasteiger partial charge >= 0.3 is 0 Å². The Bertz CT molecular complexity index is 615. The molecule has 1 fully saturated rings. The molecule has 158 valence electrons. The number of aliphatic imine (C=N–C) groups is 1. The highest BCUT2D eigenvalue weighted by Gasteiger charge is 2.24. The van der Waals surface area contributed by atoms with Crippen LogP contribution in [-0.4, -0.2) is 77.4 Å². The molecule has 0 aromatic heterocycles. The van der Waals surface area contributed by atoms with Crippen molar-refractivity contribution in [1.82, 2.24) is 15.5 Å². The van der Waals surface area contributed by atoms with E-state index < -0.39 is 0 Å². The quantitative estimate of drug-likeness (QED) is 0.497. The molecule has 1 heterocycles. The van der Waals surface area contributed by atoms with Crippen LogP contribution in [-0.2, 0) is 0 Å². The van der Waals surface area contributed by atoms with Crippen LogP contribution < -0.4 is 25.0 Å². The summed E-state index contributed by atoms with van der Waals surface area (Å²) in [4.78, 5) is 9.11. The minimum atomic E-state index is 0.357. The highest BCUT2D eigenvalue weighted by molar-refractivity contribution is 5.80. The summed E-state index contributed by atoms with van der Waals surface area (Å²) < 4.78 is 10.8. The molecule has 0 radical (unpaired) electrons. The first-order valence-electron chi connectivity index (χ1n) is 10.2. The van der Waals surface area contributed by atoms with E-state index in [1.165, 1.54) is 0 Å². The van der Waals surface area contributed by atoms with Crippen LogP contribution in [0.2, 0.25) is 0 Å². The van der Waals surface area contributed by atoms with E-state index in [9.17, 15) is 0 Å². The fraction of sp³-hybridized carbons (Fsp3) is 0.667. The van der Waals surface area contributed by atoms with Gasteiger partial charge in [-0.1, -0.05) is 6.92 Å². The second-order valence-electron chi connectivity index (χ2n) is 7.38. The van der Waals surface area contributed by atoms with E-state index in [2.05, 4.69) is 58.5 Å². The van der Waals surface area contributed by atoms with E-state index in [1.807, 2.05) is 13.1 Å². The van der Waals surface area contributed by atoms with Crippen molar-refractivity contribution in [2.75, 3.05) is 59.4 Å². The summed E-state index contributed by atoms with van der Waals surface area (Å²) in [5.74, 6) is 2.50. The number of rotatable bonds is 9. The van der Waals surface area contributed by atoms with Gasteiger partial charge in [-0.15, -0.1) is 0 Å². The van der Waals surface area contributed by atoms with Crippen LogP contribution in [0.4, 0.5) is 5.69 Å². The van der Waals surface area contributed by atoms with E-state index in [0.29, 0.717) is 12.1 Å². The topological polar surface area (TPSA) is 61.4 Å². The van der Waals surface area contributed by atoms with E-state index in [-0.39, 0.29) is 0 Å². The molecule has 2 unspecified atom stereocenters. The van der Waals surface area contributed by atoms with Gasteiger partial charge < -0.3 is 29.9 Å². The molecular formula is C21H37N5O2. The van der Waals surface area contributed by atoms with Crippen LogP contribution in [0.15, 0.2) is 23.2 Å². The first kappa shape index (κ1) is 22.1. The third kappa shape index (κ3) is 6.19. The number of likely N-dealkylation sites (N-methyl/N-ethyl adjacent to an activating group) is 1. The fourth-order valence-electron chi connectivity index (χ4n) is 3.36. The number of ether oxygens (including phenoxy) is 2. The van der Waals surface area contributed by atoms with Crippen molar-refractivity contribution in [3.8, 4) is 11.5 Å². The van der Waals surface area contributed by atoms with Crippen LogP contribution in [0.1, 0.15) is 26.7 Å². The molecule has 2 atom stereocenters. The van der Waals surface area contributed by atoms with Gasteiger partial charge in [-0.05, 0) is 26.8 Å². The van der Waals surface area contributed by atoms with Gasteiger partial charge in [-0.25, -0.2) is 0 Å². The molecule has 1 saturated heterocycles. The summed E-state index contributed by atoms with van der Waals surface area (Å²) >= 11 is 0. The standard InChI is InChI=1S/C21H37N5O2/c1-7-16(2)25(4)11-9-23-21(22-3)24-17-8-10-26(15-17)18-12-19(27-5)14-20(13-18)28-6/h12-14,16-17H,7-11,15H2,1-6H3,(H2,22,23,24). The van der Waals surface area contributed by atoms with Crippen molar-refractivity contribution in [2.45, 2.75) is 38.8 Å². The second-order valence-corrected chi connectivity index (χ2v) is 7.38. The lowest BCUT2D eigenvalue weighted by atomic mass is 10.2. The summed E-state index contributed by atoms with van der Waals surface area (Å²) in [6, 6.07) is 6.97. The molecule has 0 saturated carbocycles. The van der Waals surface area contributed by atoms with Crippen LogP contribution in [0.3, 0.4) is 0 Å². The second kappa shape index (κ2) is 11.0. The van der Waals surface area contributed by atoms with E-state index >= 15 is 0 Å². The van der Waals surface area contributed by atoms with Gasteiger partial charge in [0, 0.05) is 69.2 Å². The third-order valence-corrected chi connectivity index (χ3v) is 5.55. The van der Waals surface area contributed by atoms with Crippen molar-refractivity contribution in [1.29, 1.82) is 0 Å². The van der Waals surface area contributed by atoms with Gasteiger partial charge in [0.15, 0.2) is 5.96 Å². The first-order valence-corrected chi connectivity index (χ1v) is 10.2. The highest BCUT2D eigenvalue weighted by atomic mass is 16.5. The summed E-state index contributed by atoms with van der Waals surface area (Å²) in [6.45, 7) is 8.26. The summed E-state index contributed by atoms with van der Waals surface area (Å²) in [5.41, 5.74) is 1.12. The number of benzene rings is 1. The lowest BCUT2D eigenvalue weighted by Gasteiger charge is -2.24. The predicted octanol–water partition coefficient (Wildman–Crippen LogP) is 2.18. The zero-order chi connectivity index (χ0) is 20.5. The molecule has 2 N–H and O–H groups in total. The zero-order valence-electron chi connectivity index (χ0n) is 18.3. The molecule has 1 aromatic carbocycles. The third-order valence-electron chi connectivity index (χ3n) is 5.55. The van der Waals surface area contributed by atoms with Gasteiger partial charge in [0.1, 0.15) is 11.5 Å². The molecule has 2 rings (SSSR count). The van der Waals surface area contributed by atoms with Gasteiger partial charge in [0.25, 0.3) is 0 Å². The number of methoxy groups -OCH3 is 2. The highest BCUT2D eigenvalue weighted by Crippen LogP contribution is 2.30. The van der Waals surface area contributed by atoms with Crippen molar-refractivity contribution in [3.63, 3.8) is 0 Å². The SMILES string of the molecule is CCC(C)N(C)CCNC(=NC)NC1CCN(c2cc(OC)cc(OC)c2)C1. The van der Waals surface area contributed by atoms with Gasteiger partial charge in [0.05, 0.1) is 14.2 Å². The maximum atomic E-state index is 5.40. The number of nitrogens with one attached hydrogen (secondary N) is 2. The van der Waals surface area contributed by atoms with Crippen molar-refractivity contribution >= 4 is 11.6 Å². The van der Waals surface area contributed by atoms with Crippen molar-refractivity contribution in [3.05, 3.63) is 18.2 Å². The molecule has 1 aliphatic rings. The number of hydrogen-bond donors (Lipinski definition) is 2. The van der Waals surface area contributed by atoms with Crippen LogP contribution in [0, 0.1) is 0 Å². The summed E-state index contributed by atoms with van der Waals surface area (Å²) in [5, 5.41) is 6.99. The Balaban J connectivity index is 1.86. The molecule has 0 spiro atoms. The number of guanidine groups is 1. The molecule has 28 heavy (non-hydrogen) atoms. The summed E-state index contributed by atoms with van der Waals surface area (Å²) in [6.07, 6.45) is 2.23. The van der Waals surface area contributed by atoms with Crippen molar-refractivity contribution < 1.29 is 9.47 Å². The van der Waals surface area contributed by atoms with Gasteiger partial charge in [-0.2, -0.15) is 0 Å². The molecule has 0 bridgehead atoms. The monoisotopic (exact) mass is 391 g/mol. The molecular weight excluding hydrogens is 354 g/mol. The molecule has 7 nitrogen and oxygen atoms in total. The maximum absolute atomic E-state index is 5.40. The average molecular weight is 392 g/mol. The predicted molar refractivity (Wildman–Crippen MR) is 117 cm³/mol. The van der Waals surface area contributed by atoms with E-state index in [0.717, 1.165) is 62.2 Å². The maximum Gasteiger partial charge on any atom is 0.191 e. The Morgan fingerprint density at radius 3 is 2.54 bits per heavy atom. The minimum absolute atomic E-state index is 0.357. The number of hydrogen-bond acceptors (Lipinski definition) is 5. The Morgan fingerprint density at radius 1 is 1.29 bits per heavy atom. The van der Waals surface area contributed by atoms with E-state index in [4.69, 9.17) is 9.47 Å². The normalized spacial score (nSPS) is 18.3. The first-order chi connectivity index (χ1) is 13.5. The average Bonchev–Trinajstić information content (AvgIpc) is 3.20. The van der Waals surface area contributed by atoms with Crippen molar-refractivity contribution in [2.24, 2.45) is 4.99 Å². The Hall–Kier alpha value is -2.15. The molecule has 7 heteroatoms. The Labute approximate surface area is 170 Å². The largest absolute Gasteiger partial charge is 0.497 e. The molecule has 1 aromatic rings. The smallest absolute Gasteiger partial charge is 0.191 e. The van der Waals surface area contributed by atoms with Gasteiger partial charge in [0.2, 0.25) is 0 Å². The van der Waals surface area contributed by atoms with Crippen LogP contribution in [0.5, 0.6) is 11.5 Å². The molecule has 1 aliphatic heterocycles. The lowest BCUT2D eigenvalue weighted by molar-refractivity contribution is 0.255. The lowest BCUT2D eigenvalue weighted by Crippen LogP contribution is -2.47. The Kier molecular flexibility index (Phi) is 8.70. The summed E-state index contributed by atoms with van der Waals surface area (Å²) in [7, 11) is 7.36. The van der Waals surface area contributed by atoms with Gasteiger partial charge in [-0.3, -0.25) is 4.99 Å². The molecule has 0 amide bonds. The van der Waals surface area contributed by atoms with Crippen LogP contribution >= 0.6 is 0 Å². The number of nitrogens with zero attached hydrogens (tertiary/aromatic N) is 3. The fourth-order valence-corrected chi connectivity index (χ4v) is 3.36. The Morgan fingerprint density at radius 2 is 1.96 bits per heavy atom.